The molecule has 0 bridgehead atoms. The second-order valence-electron chi connectivity index (χ2n) is 5.94. The summed E-state index contributed by atoms with van der Waals surface area (Å²) in [5, 5.41) is 3.68. The predicted molar refractivity (Wildman–Crippen MR) is 98.4 cm³/mol. The first-order valence-electron chi connectivity index (χ1n) is 8.15. The van der Waals surface area contributed by atoms with Crippen molar-refractivity contribution in [1.82, 2.24) is 0 Å². The fourth-order valence-electron chi connectivity index (χ4n) is 3.21. The molecule has 1 heterocycles. The molecule has 0 saturated heterocycles. The van der Waals surface area contributed by atoms with E-state index in [0.29, 0.717) is 0 Å². The number of anilines is 2. The normalized spacial score (nSPS) is 16.2. The summed E-state index contributed by atoms with van der Waals surface area (Å²) in [5.41, 5.74) is 4.94. The Hall–Kier alpha value is -2.94. The van der Waals surface area contributed by atoms with Gasteiger partial charge in [0.25, 0.3) is 0 Å². The van der Waals surface area contributed by atoms with Crippen LogP contribution in [0, 0.1) is 0 Å². The third kappa shape index (κ3) is 2.69. The van der Waals surface area contributed by atoms with E-state index >= 15 is 0 Å². The average molecular weight is 316 g/mol. The van der Waals surface area contributed by atoms with Crippen LogP contribution in [0.15, 0.2) is 78.9 Å². The Morgan fingerprint density at radius 1 is 0.875 bits per heavy atom. The third-order valence-corrected chi connectivity index (χ3v) is 4.48. The van der Waals surface area contributed by atoms with E-state index in [1.54, 1.807) is 7.11 Å². The van der Waals surface area contributed by atoms with Crippen molar-refractivity contribution in [2.75, 3.05) is 17.3 Å². The van der Waals surface area contributed by atoms with E-state index in [1.807, 2.05) is 12.1 Å². The molecule has 0 spiro atoms. The highest BCUT2D eigenvalue weighted by molar-refractivity contribution is 5.62. The number of hydrogen-bond donors (Lipinski definition) is 1. The van der Waals surface area contributed by atoms with Crippen LogP contribution in [-0.4, -0.2) is 7.11 Å². The number of ether oxygens (including phenoxy) is 1. The molecule has 1 aliphatic heterocycles. The molecule has 0 fully saturated rings. The maximum Gasteiger partial charge on any atom is 0.126 e. The summed E-state index contributed by atoms with van der Waals surface area (Å²) >= 11 is 0. The molecule has 24 heavy (non-hydrogen) atoms. The first-order chi connectivity index (χ1) is 11.8. The van der Waals surface area contributed by atoms with Crippen LogP contribution in [0.5, 0.6) is 5.75 Å². The minimum Gasteiger partial charge on any atom is -0.497 e. The molecule has 4 rings (SSSR count). The van der Waals surface area contributed by atoms with Gasteiger partial charge in [0.2, 0.25) is 0 Å². The highest BCUT2D eigenvalue weighted by Gasteiger charge is 2.26. The van der Waals surface area contributed by atoms with Gasteiger partial charge in [0.05, 0.1) is 7.11 Å². The van der Waals surface area contributed by atoms with Gasteiger partial charge in [-0.05, 0) is 41.5 Å². The maximum absolute atomic E-state index is 5.29. The van der Waals surface area contributed by atoms with Crippen molar-refractivity contribution in [3.63, 3.8) is 0 Å². The lowest BCUT2D eigenvalue weighted by atomic mass is 10.0. The monoisotopic (exact) mass is 316 g/mol. The zero-order valence-electron chi connectivity index (χ0n) is 13.6. The summed E-state index contributed by atoms with van der Waals surface area (Å²) in [4.78, 5) is 2.39. The number of benzene rings is 3. The van der Waals surface area contributed by atoms with Gasteiger partial charge >= 0.3 is 0 Å². The van der Waals surface area contributed by atoms with Gasteiger partial charge in [-0.25, -0.2) is 0 Å². The number of fused-ring (bicyclic) bond motifs is 1. The zero-order valence-corrected chi connectivity index (χ0v) is 13.6. The van der Waals surface area contributed by atoms with E-state index in [1.165, 1.54) is 22.5 Å². The van der Waals surface area contributed by atoms with Crippen LogP contribution in [0.2, 0.25) is 0 Å². The van der Waals surface area contributed by atoms with Crippen molar-refractivity contribution in [2.24, 2.45) is 0 Å². The Kier molecular flexibility index (Phi) is 3.83. The SMILES string of the molecule is COc1ccc(C2Nc3ccccc3CN2c2ccccc2)cc1. The fourth-order valence-corrected chi connectivity index (χ4v) is 3.21. The van der Waals surface area contributed by atoms with Crippen molar-refractivity contribution < 1.29 is 4.74 Å². The lowest BCUT2D eigenvalue weighted by Gasteiger charge is -2.40. The molecule has 3 nitrogen and oxygen atoms in total. The Morgan fingerprint density at radius 2 is 1.58 bits per heavy atom. The topological polar surface area (TPSA) is 24.5 Å². The van der Waals surface area contributed by atoms with Crippen LogP contribution < -0.4 is 15.0 Å². The molecule has 0 aliphatic carbocycles. The van der Waals surface area contributed by atoms with E-state index in [4.69, 9.17) is 4.74 Å². The van der Waals surface area contributed by atoms with Crippen molar-refractivity contribution >= 4 is 11.4 Å². The van der Waals surface area contributed by atoms with Crippen LogP contribution >= 0.6 is 0 Å². The highest BCUT2D eigenvalue weighted by Crippen LogP contribution is 2.36. The molecule has 3 heteroatoms. The second kappa shape index (κ2) is 6.28. The second-order valence-corrected chi connectivity index (χ2v) is 5.94. The van der Waals surface area contributed by atoms with Gasteiger partial charge in [0.15, 0.2) is 0 Å². The molecule has 1 atom stereocenters. The van der Waals surface area contributed by atoms with Gasteiger partial charge in [-0.15, -0.1) is 0 Å². The number of hydrogen-bond acceptors (Lipinski definition) is 3. The summed E-state index contributed by atoms with van der Waals surface area (Å²) in [5.74, 6) is 0.876. The lowest BCUT2D eigenvalue weighted by molar-refractivity contribution is 0.414. The van der Waals surface area contributed by atoms with E-state index in [9.17, 15) is 0 Å². The molecule has 1 N–H and O–H groups in total. The number of para-hydroxylation sites is 2. The molecule has 0 saturated carbocycles. The largest absolute Gasteiger partial charge is 0.497 e. The van der Waals surface area contributed by atoms with Crippen molar-refractivity contribution in [1.29, 1.82) is 0 Å². The van der Waals surface area contributed by atoms with E-state index < -0.39 is 0 Å². The summed E-state index contributed by atoms with van der Waals surface area (Å²) < 4.78 is 5.29. The minimum atomic E-state index is 0.0909. The average Bonchev–Trinajstić information content (AvgIpc) is 2.68. The molecule has 120 valence electrons. The maximum atomic E-state index is 5.29. The first kappa shape index (κ1) is 14.6. The van der Waals surface area contributed by atoms with E-state index in [2.05, 4.69) is 76.9 Å². The van der Waals surface area contributed by atoms with E-state index in [-0.39, 0.29) is 6.17 Å². The predicted octanol–water partition coefficient (Wildman–Crippen LogP) is 4.83. The highest BCUT2D eigenvalue weighted by atomic mass is 16.5. The molecule has 1 aliphatic rings. The van der Waals surface area contributed by atoms with Crippen molar-refractivity contribution in [3.05, 3.63) is 90.0 Å². The molecular formula is C21H20N2O. The minimum absolute atomic E-state index is 0.0909. The van der Waals surface area contributed by atoms with E-state index in [0.717, 1.165) is 12.3 Å². The molecular weight excluding hydrogens is 296 g/mol. The Bertz CT molecular complexity index is 815. The molecule has 0 radical (unpaired) electrons. The van der Waals surface area contributed by atoms with Gasteiger partial charge in [0.1, 0.15) is 11.9 Å². The van der Waals surface area contributed by atoms with Gasteiger partial charge in [-0.1, -0.05) is 48.5 Å². The fraction of sp³-hybridized carbons (Fsp3) is 0.143. The number of nitrogens with one attached hydrogen (secondary N) is 1. The number of rotatable bonds is 3. The van der Waals surface area contributed by atoms with Gasteiger partial charge < -0.3 is 15.0 Å². The molecule has 3 aromatic rings. The molecule has 0 aromatic heterocycles. The smallest absolute Gasteiger partial charge is 0.126 e. The van der Waals surface area contributed by atoms with Crippen molar-refractivity contribution in [3.8, 4) is 5.75 Å². The zero-order chi connectivity index (χ0) is 16.4. The molecule has 1 unspecified atom stereocenters. The number of methoxy groups -OCH3 is 1. The summed E-state index contributed by atoms with van der Waals surface area (Å²) in [7, 11) is 1.69. The standard InChI is InChI=1S/C21H20N2O/c1-24-19-13-11-16(12-14-19)21-22-20-10-6-5-7-17(20)15-23(21)18-8-3-2-4-9-18/h2-14,21-22H,15H2,1H3. The van der Waals surface area contributed by atoms with Crippen LogP contribution in [-0.2, 0) is 6.54 Å². The van der Waals surface area contributed by atoms with Crippen LogP contribution in [0.4, 0.5) is 11.4 Å². The Labute approximate surface area is 142 Å². The number of nitrogens with zero attached hydrogens (tertiary/aromatic N) is 1. The summed E-state index contributed by atoms with van der Waals surface area (Å²) in [6.07, 6.45) is 0.0909. The Morgan fingerprint density at radius 3 is 2.33 bits per heavy atom. The van der Waals surface area contributed by atoms with Crippen molar-refractivity contribution in [2.45, 2.75) is 12.7 Å². The lowest BCUT2D eigenvalue weighted by Crippen LogP contribution is -2.37. The van der Waals surface area contributed by atoms with Crippen LogP contribution in [0.1, 0.15) is 17.3 Å². The summed E-state index contributed by atoms with van der Waals surface area (Å²) in [6.45, 7) is 0.879. The van der Waals surface area contributed by atoms with Gasteiger partial charge in [-0.2, -0.15) is 0 Å². The Balaban J connectivity index is 1.75. The molecule has 0 amide bonds. The molecule has 3 aromatic carbocycles. The quantitative estimate of drug-likeness (QED) is 0.749. The first-order valence-corrected chi connectivity index (χ1v) is 8.15. The summed E-state index contributed by atoms with van der Waals surface area (Å²) in [6, 6.07) is 27.3. The third-order valence-electron chi connectivity index (χ3n) is 4.48. The van der Waals surface area contributed by atoms with Crippen LogP contribution in [0.25, 0.3) is 0 Å². The van der Waals surface area contributed by atoms with Gasteiger partial charge in [-0.3, -0.25) is 0 Å². The van der Waals surface area contributed by atoms with Crippen LogP contribution in [0.3, 0.4) is 0 Å². The van der Waals surface area contributed by atoms with Gasteiger partial charge in [0, 0.05) is 17.9 Å².